The van der Waals surface area contributed by atoms with Gasteiger partial charge >= 0.3 is 0 Å². The first-order valence-electron chi connectivity index (χ1n) is 6.24. The van der Waals surface area contributed by atoms with E-state index in [0.29, 0.717) is 27.2 Å². The zero-order valence-electron chi connectivity index (χ0n) is 11.3. The van der Waals surface area contributed by atoms with Crippen molar-refractivity contribution in [3.8, 4) is 5.75 Å². The summed E-state index contributed by atoms with van der Waals surface area (Å²) in [6.45, 7) is 1.62. The zero-order valence-corrected chi connectivity index (χ0v) is 12.8. The van der Waals surface area contributed by atoms with Gasteiger partial charge in [0, 0.05) is 5.02 Å². The van der Waals surface area contributed by atoms with Gasteiger partial charge in [0.05, 0.1) is 16.4 Å². The Labute approximate surface area is 132 Å². The van der Waals surface area contributed by atoms with Gasteiger partial charge < -0.3 is 15.8 Å². The summed E-state index contributed by atoms with van der Waals surface area (Å²) in [7, 11) is 0. The smallest absolute Gasteiger partial charge is 0.265 e. The van der Waals surface area contributed by atoms with Crippen molar-refractivity contribution >= 4 is 40.5 Å². The molecule has 0 fully saturated rings. The molecule has 0 aromatic heterocycles. The third-order valence-corrected chi connectivity index (χ3v) is 3.33. The molecule has 3 N–H and O–H groups in total. The highest BCUT2D eigenvalue weighted by atomic mass is 35.5. The minimum Gasteiger partial charge on any atom is -0.479 e. The molecule has 0 bridgehead atoms. The van der Waals surface area contributed by atoms with Crippen LogP contribution in [-0.4, -0.2) is 12.0 Å². The van der Waals surface area contributed by atoms with Gasteiger partial charge in [0.2, 0.25) is 0 Å². The van der Waals surface area contributed by atoms with Gasteiger partial charge in [-0.25, -0.2) is 0 Å². The van der Waals surface area contributed by atoms with E-state index in [1.807, 2.05) is 0 Å². The Morgan fingerprint density at radius 2 is 1.95 bits per heavy atom. The second-order valence-corrected chi connectivity index (χ2v) is 5.25. The Morgan fingerprint density at radius 1 is 1.24 bits per heavy atom. The summed E-state index contributed by atoms with van der Waals surface area (Å²) in [4.78, 5) is 12.1. The lowest BCUT2D eigenvalue weighted by molar-refractivity contribution is -0.122. The van der Waals surface area contributed by atoms with E-state index in [9.17, 15) is 4.79 Å². The fourth-order valence-corrected chi connectivity index (χ4v) is 2.01. The molecule has 0 aliphatic carbocycles. The summed E-state index contributed by atoms with van der Waals surface area (Å²) < 4.78 is 5.53. The molecule has 1 amide bonds. The summed E-state index contributed by atoms with van der Waals surface area (Å²) >= 11 is 11.9. The number of halogens is 2. The number of hydrogen-bond donors (Lipinski definition) is 2. The average Bonchev–Trinajstić information content (AvgIpc) is 2.45. The van der Waals surface area contributed by atoms with E-state index >= 15 is 0 Å². The topological polar surface area (TPSA) is 64.3 Å². The second-order valence-electron chi connectivity index (χ2n) is 4.41. The number of nitrogen functional groups attached to an aromatic ring is 1. The maximum absolute atomic E-state index is 12.1. The van der Waals surface area contributed by atoms with E-state index in [4.69, 9.17) is 33.7 Å². The molecule has 0 saturated carbocycles. The number of nitrogens with one attached hydrogen (secondary N) is 1. The van der Waals surface area contributed by atoms with Crippen molar-refractivity contribution in [2.24, 2.45) is 0 Å². The standard InChI is InChI=1S/C15H14Cl2N2O2/c1-9(21-14-5-3-2-4-11(14)17)15(20)19-13-8-10(16)6-7-12(13)18/h2-9H,18H2,1H3,(H,19,20). The number of hydrogen-bond acceptors (Lipinski definition) is 3. The van der Waals surface area contributed by atoms with E-state index in [2.05, 4.69) is 5.32 Å². The van der Waals surface area contributed by atoms with Crippen molar-refractivity contribution in [2.45, 2.75) is 13.0 Å². The van der Waals surface area contributed by atoms with Crippen molar-refractivity contribution in [1.82, 2.24) is 0 Å². The molecular formula is C15H14Cl2N2O2. The molecule has 0 aliphatic rings. The summed E-state index contributed by atoms with van der Waals surface area (Å²) in [5.74, 6) is 0.102. The number of benzene rings is 2. The Bertz CT molecular complexity index is 662. The molecule has 0 heterocycles. The minimum absolute atomic E-state index is 0.344. The lowest BCUT2D eigenvalue weighted by Gasteiger charge is -2.16. The van der Waals surface area contributed by atoms with Crippen LogP contribution in [0.3, 0.4) is 0 Å². The van der Waals surface area contributed by atoms with Gasteiger partial charge in [0.25, 0.3) is 5.91 Å². The van der Waals surface area contributed by atoms with Gasteiger partial charge in [0.15, 0.2) is 6.10 Å². The fourth-order valence-electron chi connectivity index (χ4n) is 1.66. The van der Waals surface area contributed by atoms with Gasteiger partial charge in [-0.3, -0.25) is 4.79 Å². The van der Waals surface area contributed by atoms with E-state index in [1.165, 1.54) is 0 Å². The number of ether oxygens (including phenoxy) is 1. The maximum atomic E-state index is 12.1. The Hall–Kier alpha value is -1.91. The molecule has 4 nitrogen and oxygen atoms in total. The first kappa shape index (κ1) is 15.5. The van der Waals surface area contributed by atoms with Crippen LogP contribution >= 0.6 is 23.2 Å². The first-order chi connectivity index (χ1) is 9.97. The van der Waals surface area contributed by atoms with Crippen LogP contribution in [0.5, 0.6) is 5.75 Å². The number of nitrogens with two attached hydrogens (primary N) is 1. The number of amides is 1. The van der Waals surface area contributed by atoms with Crippen LogP contribution in [0.4, 0.5) is 11.4 Å². The molecule has 0 radical (unpaired) electrons. The summed E-state index contributed by atoms with van der Waals surface area (Å²) in [5.41, 5.74) is 6.65. The highest BCUT2D eigenvalue weighted by Gasteiger charge is 2.17. The van der Waals surface area contributed by atoms with Gasteiger partial charge in [-0.05, 0) is 37.3 Å². The van der Waals surface area contributed by atoms with Gasteiger partial charge in [-0.2, -0.15) is 0 Å². The fraction of sp³-hybridized carbons (Fsp3) is 0.133. The third-order valence-electron chi connectivity index (χ3n) is 2.78. The van der Waals surface area contributed by atoms with E-state index in [0.717, 1.165) is 0 Å². The quantitative estimate of drug-likeness (QED) is 0.836. The second kappa shape index (κ2) is 6.70. The number of para-hydroxylation sites is 1. The van der Waals surface area contributed by atoms with E-state index in [-0.39, 0.29) is 5.91 Å². The lowest BCUT2D eigenvalue weighted by Crippen LogP contribution is -2.30. The molecule has 2 aromatic rings. The molecule has 0 saturated heterocycles. The third kappa shape index (κ3) is 4.03. The van der Waals surface area contributed by atoms with Crippen LogP contribution in [0.1, 0.15) is 6.92 Å². The van der Waals surface area contributed by atoms with Crippen molar-refractivity contribution < 1.29 is 9.53 Å². The van der Waals surface area contributed by atoms with Crippen LogP contribution in [-0.2, 0) is 4.79 Å². The molecular weight excluding hydrogens is 311 g/mol. The molecule has 110 valence electrons. The lowest BCUT2D eigenvalue weighted by atomic mass is 10.2. The molecule has 21 heavy (non-hydrogen) atoms. The van der Waals surface area contributed by atoms with Crippen LogP contribution in [0.25, 0.3) is 0 Å². The molecule has 1 atom stereocenters. The van der Waals surface area contributed by atoms with E-state index in [1.54, 1.807) is 49.4 Å². The highest BCUT2D eigenvalue weighted by molar-refractivity contribution is 6.32. The van der Waals surface area contributed by atoms with Gasteiger partial charge in [-0.1, -0.05) is 35.3 Å². The molecule has 2 aromatic carbocycles. The largest absolute Gasteiger partial charge is 0.479 e. The predicted octanol–water partition coefficient (Wildman–Crippen LogP) is 3.98. The van der Waals surface area contributed by atoms with Crippen LogP contribution < -0.4 is 15.8 Å². The van der Waals surface area contributed by atoms with Crippen LogP contribution in [0, 0.1) is 0 Å². The number of anilines is 2. The predicted molar refractivity (Wildman–Crippen MR) is 86.0 cm³/mol. The Kier molecular flexibility index (Phi) is 4.94. The van der Waals surface area contributed by atoms with Crippen molar-refractivity contribution in [3.05, 3.63) is 52.5 Å². The minimum atomic E-state index is -0.733. The van der Waals surface area contributed by atoms with Crippen molar-refractivity contribution in [3.63, 3.8) is 0 Å². The summed E-state index contributed by atoms with van der Waals surface area (Å²) in [6.07, 6.45) is -0.733. The Balaban J connectivity index is 2.06. The SMILES string of the molecule is CC(Oc1ccccc1Cl)C(=O)Nc1cc(Cl)ccc1N. The molecule has 6 heteroatoms. The summed E-state index contributed by atoms with van der Waals surface area (Å²) in [6, 6.07) is 11.8. The average molecular weight is 325 g/mol. The number of carbonyl (C=O) groups is 1. The first-order valence-corrected chi connectivity index (χ1v) is 7.00. The van der Waals surface area contributed by atoms with Crippen molar-refractivity contribution in [1.29, 1.82) is 0 Å². The van der Waals surface area contributed by atoms with Gasteiger partial charge in [-0.15, -0.1) is 0 Å². The van der Waals surface area contributed by atoms with Crippen molar-refractivity contribution in [2.75, 3.05) is 11.1 Å². The Morgan fingerprint density at radius 3 is 2.67 bits per heavy atom. The highest BCUT2D eigenvalue weighted by Crippen LogP contribution is 2.26. The van der Waals surface area contributed by atoms with E-state index < -0.39 is 6.10 Å². The number of carbonyl (C=O) groups excluding carboxylic acids is 1. The van der Waals surface area contributed by atoms with Gasteiger partial charge in [0.1, 0.15) is 5.75 Å². The molecule has 2 rings (SSSR count). The monoisotopic (exact) mass is 324 g/mol. The molecule has 1 unspecified atom stereocenters. The normalized spacial score (nSPS) is 11.8. The molecule has 0 spiro atoms. The summed E-state index contributed by atoms with van der Waals surface area (Å²) in [5, 5.41) is 3.60. The zero-order chi connectivity index (χ0) is 15.4. The van der Waals surface area contributed by atoms with Crippen LogP contribution in [0.15, 0.2) is 42.5 Å². The molecule has 0 aliphatic heterocycles. The number of rotatable bonds is 4. The van der Waals surface area contributed by atoms with Crippen LogP contribution in [0.2, 0.25) is 10.0 Å². The maximum Gasteiger partial charge on any atom is 0.265 e.